The lowest BCUT2D eigenvalue weighted by atomic mass is 9.94. The lowest BCUT2D eigenvalue weighted by Crippen LogP contribution is -2.32. The summed E-state index contributed by atoms with van der Waals surface area (Å²) in [4.78, 5) is 27.7. The standard InChI is InChI=1S/C30H31NO6/c1-4-36-25-14-13-23(17-20(25)2)28(32)26-27(31(15-16-35-3)30(34)29(26)33)22-11-8-12-24(18-22)37-19-21-9-6-5-7-10-21/h5-14,17-18,27,32H,4,15-16,19H2,1-3H3/b28-26+. The number of hydrogen-bond acceptors (Lipinski definition) is 6. The maximum Gasteiger partial charge on any atom is 0.295 e. The number of aliphatic hydroxyl groups is 1. The minimum atomic E-state index is -0.790. The lowest BCUT2D eigenvalue weighted by molar-refractivity contribution is -0.140. The minimum absolute atomic E-state index is 0.0323. The molecule has 1 saturated heterocycles. The molecule has 3 aromatic rings. The molecule has 192 valence electrons. The summed E-state index contributed by atoms with van der Waals surface area (Å²) >= 11 is 0. The van der Waals surface area contributed by atoms with Crippen molar-refractivity contribution in [3.63, 3.8) is 0 Å². The monoisotopic (exact) mass is 501 g/mol. The molecule has 0 bridgehead atoms. The molecule has 37 heavy (non-hydrogen) atoms. The Kier molecular flexibility index (Phi) is 8.25. The molecule has 7 heteroatoms. The van der Waals surface area contributed by atoms with Crippen LogP contribution in [0.25, 0.3) is 5.76 Å². The van der Waals surface area contributed by atoms with Gasteiger partial charge in [-0.3, -0.25) is 9.59 Å². The fourth-order valence-corrected chi connectivity index (χ4v) is 4.43. The Balaban J connectivity index is 1.74. The summed E-state index contributed by atoms with van der Waals surface area (Å²) in [7, 11) is 1.53. The van der Waals surface area contributed by atoms with Crippen molar-refractivity contribution in [2.24, 2.45) is 0 Å². The van der Waals surface area contributed by atoms with Crippen molar-refractivity contribution >= 4 is 17.4 Å². The van der Waals surface area contributed by atoms with Crippen LogP contribution in [0.15, 0.2) is 78.4 Å². The number of rotatable bonds is 10. The van der Waals surface area contributed by atoms with Crippen molar-refractivity contribution < 1.29 is 28.9 Å². The van der Waals surface area contributed by atoms with E-state index in [4.69, 9.17) is 14.2 Å². The molecule has 0 radical (unpaired) electrons. The van der Waals surface area contributed by atoms with Crippen LogP contribution in [0, 0.1) is 6.92 Å². The Morgan fingerprint density at radius 2 is 1.76 bits per heavy atom. The second-order valence-corrected chi connectivity index (χ2v) is 8.75. The number of hydrogen-bond donors (Lipinski definition) is 1. The first-order chi connectivity index (χ1) is 17.9. The van der Waals surface area contributed by atoms with Crippen LogP contribution in [-0.2, 0) is 20.9 Å². The molecular formula is C30H31NO6. The normalized spacial score (nSPS) is 16.7. The molecule has 1 aliphatic rings. The number of methoxy groups -OCH3 is 1. The fourth-order valence-electron chi connectivity index (χ4n) is 4.43. The van der Waals surface area contributed by atoms with Crippen LogP contribution in [0.5, 0.6) is 11.5 Å². The Labute approximate surface area is 216 Å². The molecule has 3 aromatic carbocycles. The van der Waals surface area contributed by atoms with E-state index in [-0.39, 0.29) is 24.5 Å². The van der Waals surface area contributed by atoms with E-state index in [2.05, 4.69) is 0 Å². The Hall–Kier alpha value is -4.10. The minimum Gasteiger partial charge on any atom is -0.507 e. The highest BCUT2D eigenvalue weighted by atomic mass is 16.5. The summed E-state index contributed by atoms with van der Waals surface area (Å²) in [5.74, 6) is -0.359. The van der Waals surface area contributed by atoms with Gasteiger partial charge in [0.05, 0.1) is 24.8 Å². The van der Waals surface area contributed by atoms with Gasteiger partial charge in [0.25, 0.3) is 11.7 Å². The van der Waals surface area contributed by atoms with Crippen molar-refractivity contribution in [1.29, 1.82) is 0 Å². The van der Waals surface area contributed by atoms with Crippen LogP contribution in [0.2, 0.25) is 0 Å². The van der Waals surface area contributed by atoms with E-state index in [0.29, 0.717) is 35.8 Å². The van der Waals surface area contributed by atoms with E-state index in [1.54, 1.807) is 24.3 Å². The number of aryl methyl sites for hydroxylation is 1. The summed E-state index contributed by atoms with van der Waals surface area (Å²) in [6.45, 7) is 5.09. The highest BCUT2D eigenvalue weighted by Gasteiger charge is 2.46. The van der Waals surface area contributed by atoms with Gasteiger partial charge in [-0.1, -0.05) is 42.5 Å². The van der Waals surface area contributed by atoms with Gasteiger partial charge in [0.15, 0.2) is 0 Å². The molecule has 1 fully saturated rings. The summed E-state index contributed by atoms with van der Waals surface area (Å²) < 4.78 is 16.8. The van der Waals surface area contributed by atoms with E-state index in [9.17, 15) is 14.7 Å². The summed E-state index contributed by atoms with van der Waals surface area (Å²) in [6.07, 6.45) is 0. The van der Waals surface area contributed by atoms with Crippen LogP contribution in [0.1, 0.15) is 35.2 Å². The summed E-state index contributed by atoms with van der Waals surface area (Å²) in [5, 5.41) is 11.3. The average molecular weight is 502 g/mol. The topological polar surface area (TPSA) is 85.3 Å². The van der Waals surface area contributed by atoms with Gasteiger partial charge in [-0.05, 0) is 60.9 Å². The van der Waals surface area contributed by atoms with E-state index in [1.165, 1.54) is 12.0 Å². The molecule has 1 aliphatic heterocycles. The third kappa shape index (κ3) is 5.67. The van der Waals surface area contributed by atoms with Crippen LogP contribution in [0.3, 0.4) is 0 Å². The zero-order valence-electron chi connectivity index (χ0n) is 21.3. The largest absolute Gasteiger partial charge is 0.507 e. The van der Waals surface area contributed by atoms with Crippen molar-refractivity contribution in [2.75, 3.05) is 26.9 Å². The summed E-state index contributed by atoms with van der Waals surface area (Å²) in [5.41, 5.74) is 2.96. The summed E-state index contributed by atoms with van der Waals surface area (Å²) in [6, 6.07) is 21.4. The van der Waals surface area contributed by atoms with Crippen molar-refractivity contribution in [3.05, 3.63) is 101 Å². The average Bonchev–Trinajstić information content (AvgIpc) is 3.17. The molecule has 1 unspecified atom stereocenters. The van der Waals surface area contributed by atoms with E-state index in [0.717, 1.165) is 11.1 Å². The van der Waals surface area contributed by atoms with Crippen LogP contribution in [-0.4, -0.2) is 48.6 Å². The molecule has 0 saturated carbocycles. The Morgan fingerprint density at radius 1 is 0.973 bits per heavy atom. The zero-order chi connectivity index (χ0) is 26.4. The maximum absolute atomic E-state index is 13.2. The molecule has 4 rings (SSSR count). The van der Waals surface area contributed by atoms with Gasteiger partial charge in [-0.2, -0.15) is 0 Å². The van der Waals surface area contributed by atoms with Crippen LogP contribution >= 0.6 is 0 Å². The molecule has 1 N–H and O–H groups in total. The molecule has 1 amide bonds. The second-order valence-electron chi connectivity index (χ2n) is 8.75. The molecule has 0 spiro atoms. The van der Waals surface area contributed by atoms with Crippen LogP contribution < -0.4 is 9.47 Å². The quantitative estimate of drug-likeness (QED) is 0.238. The van der Waals surface area contributed by atoms with E-state index in [1.807, 2.05) is 62.4 Å². The van der Waals surface area contributed by atoms with Crippen molar-refractivity contribution in [2.45, 2.75) is 26.5 Å². The Morgan fingerprint density at radius 3 is 2.46 bits per heavy atom. The molecule has 7 nitrogen and oxygen atoms in total. The first-order valence-electron chi connectivity index (χ1n) is 12.2. The number of ether oxygens (including phenoxy) is 3. The SMILES string of the molecule is CCOc1ccc(/C(O)=C2\C(=O)C(=O)N(CCOC)C2c2cccc(OCc3ccccc3)c2)cc1C. The number of Topliss-reactive ketones (excluding diaryl/α,β-unsaturated/α-hetero) is 1. The van der Waals surface area contributed by atoms with Crippen LogP contribution in [0.4, 0.5) is 0 Å². The van der Waals surface area contributed by atoms with Gasteiger partial charge in [0, 0.05) is 19.2 Å². The number of likely N-dealkylation sites (tertiary alicyclic amines) is 1. The van der Waals surface area contributed by atoms with E-state index < -0.39 is 17.7 Å². The first-order valence-corrected chi connectivity index (χ1v) is 12.2. The van der Waals surface area contributed by atoms with E-state index >= 15 is 0 Å². The maximum atomic E-state index is 13.2. The second kappa shape index (κ2) is 11.8. The van der Waals surface area contributed by atoms with Crippen molar-refractivity contribution in [3.8, 4) is 11.5 Å². The number of ketones is 1. The number of carbonyl (C=O) groups is 2. The third-order valence-electron chi connectivity index (χ3n) is 6.25. The number of benzene rings is 3. The number of amides is 1. The predicted molar refractivity (Wildman–Crippen MR) is 140 cm³/mol. The van der Waals surface area contributed by atoms with Gasteiger partial charge >= 0.3 is 0 Å². The highest BCUT2D eigenvalue weighted by Crippen LogP contribution is 2.40. The number of nitrogens with zero attached hydrogens (tertiary/aromatic N) is 1. The molecular weight excluding hydrogens is 470 g/mol. The van der Waals surface area contributed by atoms with Gasteiger partial charge < -0.3 is 24.2 Å². The zero-order valence-corrected chi connectivity index (χ0v) is 21.3. The molecule has 1 atom stereocenters. The van der Waals surface area contributed by atoms with Crippen molar-refractivity contribution in [1.82, 2.24) is 4.90 Å². The van der Waals surface area contributed by atoms with Gasteiger partial charge in [-0.25, -0.2) is 0 Å². The molecule has 0 aromatic heterocycles. The van der Waals surface area contributed by atoms with Gasteiger partial charge in [0.2, 0.25) is 0 Å². The predicted octanol–water partition coefficient (Wildman–Crippen LogP) is 5.04. The van der Waals surface area contributed by atoms with Gasteiger partial charge in [0.1, 0.15) is 23.9 Å². The first kappa shape index (κ1) is 26.0. The smallest absolute Gasteiger partial charge is 0.295 e. The fraction of sp³-hybridized carbons (Fsp3) is 0.267. The Bertz CT molecular complexity index is 1300. The lowest BCUT2D eigenvalue weighted by Gasteiger charge is -2.25. The third-order valence-corrected chi connectivity index (χ3v) is 6.25. The highest BCUT2D eigenvalue weighted by molar-refractivity contribution is 6.46. The number of carbonyl (C=O) groups excluding carboxylic acids is 2. The van der Waals surface area contributed by atoms with Gasteiger partial charge in [-0.15, -0.1) is 0 Å². The number of aliphatic hydroxyl groups excluding tert-OH is 1. The molecule has 1 heterocycles. The molecule has 0 aliphatic carbocycles.